The van der Waals surface area contributed by atoms with E-state index in [1.165, 1.54) is 13.2 Å². The predicted octanol–water partition coefficient (Wildman–Crippen LogP) is 7.61. The van der Waals surface area contributed by atoms with Crippen LogP contribution in [0.2, 0.25) is 10.0 Å². The minimum Gasteiger partial charge on any atom is -0.493 e. The molecular weight excluding hydrogens is 558 g/mol. The summed E-state index contributed by atoms with van der Waals surface area (Å²) in [6, 6.07) is 9.31. The molecule has 1 atom stereocenters. The van der Waals surface area contributed by atoms with E-state index in [9.17, 15) is 18.0 Å². The Bertz CT molecular complexity index is 1130. The molecule has 2 aromatic carbocycles. The minimum atomic E-state index is -4.59. The molecule has 11 heteroatoms. The Labute approximate surface area is 237 Å². The van der Waals surface area contributed by atoms with Gasteiger partial charge in [-0.2, -0.15) is 13.2 Å². The molecule has 1 aliphatic rings. The van der Waals surface area contributed by atoms with Gasteiger partial charge >= 0.3 is 12.3 Å². The second kappa shape index (κ2) is 13.4. The first-order chi connectivity index (χ1) is 18.3. The van der Waals surface area contributed by atoms with Gasteiger partial charge in [-0.05, 0) is 87.8 Å². The summed E-state index contributed by atoms with van der Waals surface area (Å²) in [5.74, 6) is -0.226. The van der Waals surface area contributed by atoms with Gasteiger partial charge in [0.1, 0.15) is 18.1 Å². The van der Waals surface area contributed by atoms with Crippen LogP contribution in [0.15, 0.2) is 36.4 Å². The number of methoxy groups -OCH3 is 1. The fourth-order valence-electron chi connectivity index (χ4n) is 4.45. The van der Waals surface area contributed by atoms with E-state index in [2.05, 4.69) is 5.32 Å². The van der Waals surface area contributed by atoms with Crippen LogP contribution in [0.3, 0.4) is 0 Å². The van der Waals surface area contributed by atoms with Gasteiger partial charge in [0.05, 0.1) is 34.4 Å². The Morgan fingerprint density at radius 2 is 1.74 bits per heavy atom. The third-order valence-electron chi connectivity index (χ3n) is 6.61. The van der Waals surface area contributed by atoms with E-state index in [1.54, 1.807) is 18.2 Å². The predicted molar refractivity (Wildman–Crippen MR) is 144 cm³/mol. The molecule has 1 saturated heterocycles. The van der Waals surface area contributed by atoms with Crippen LogP contribution in [0.25, 0.3) is 0 Å². The zero-order valence-electron chi connectivity index (χ0n) is 22.3. The average molecular weight is 592 g/mol. The number of rotatable bonds is 12. The van der Waals surface area contributed by atoms with Crippen molar-refractivity contribution in [3.63, 3.8) is 0 Å². The van der Waals surface area contributed by atoms with Crippen molar-refractivity contribution < 1.29 is 36.9 Å². The van der Waals surface area contributed by atoms with Crippen molar-refractivity contribution in [1.82, 2.24) is 5.32 Å². The van der Waals surface area contributed by atoms with Crippen molar-refractivity contribution in [3.05, 3.63) is 63.1 Å². The van der Waals surface area contributed by atoms with Crippen molar-refractivity contribution >= 4 is 29.3 Å². The number of aryl methyl sites for hydroxylation is 2. The lowest BCUT2D eigenvalue weighted by Gasteiger charge is -2.32. The molecule has 1 aliphatic heterocycles. The molecule has 0 aliphatic carbocycles. The Balaban J connectivity index is 1.69. The highest BCUT2D eigenvalue weighted by Gasteiger charge is 2.40. The Kier molecular flexibility index (Phi) is 10.8. The van der Waals surface area contributed by atoms with Crippen LogP contribution in [0, 0.1) is 0 Å². The van der Waals surface area contributed by atoms with Crippen molar-refractivity contribution in [2.45, 2.75) is 69.7 Å². The first-order valence-electron chi connectivity index (χ1n) is 12.7. The average Bonchev–Trinajstić information content (AvgIpc) is 2.97. The van der Waals surface area contributed by atoms with Crippen molar-refractivity contribution in [2.75, 3.05) is 27.1 Å². The summed E-state index contributed by atoms with van der Waals surface area (Å²) in [6.07, 6.45) is -2.38. The molecule has 0 saturated carbocycles. The molecule has 0 spiro atoms. The van der Waals surface area contributed by atoms with E-state index in [4.69, 9.17) is 42.1 Å². The number of alkyl carbamates (subject to hydrolysis) is 1. The van der Waals surface area contributed by atoms with Gasteiger partial charge in [-0.25, -0.2) is 4.79 Å². The van der Waals surface area contributed by atoms with Gasteiger partial charge in [0.25, 0.3) is 0 Å². The van der Waals surface area contributed by atoms with Gasteiger partial charge in [0.15, 0.2) is 0 Å². The molecular formula is C28H34Cl2F3NO5. The molecule has 0 bridgehead atoms. The van der Waals surface area contributed by atoms with E-state index in [1.807, 2.05) is 19.9 Å². The van der Waals surface area contributed by atoms with Crippen LogP contribution < -0.4 is 10.1 Å². The van der Waals surface area contributed by atoms with Crippen molar-refractivity contribution in [2.24, 2.45) is 0 Å². The lowest BCUT2D eigenvalue weighted by molar-refractivity contribution is -0.139. The molecule has 0 radical (unpaired) electrons. The molecule has 2 aromatic rings. The Hall–Kier alpha value is -2.20. The number of cyclic esters (lactones) is 1. The van der Waals surface area contributed by atoms with E-state index in [0.29, 0.717) is 47.7 Å². The fraction of sp³-hybridized carbons (Fsp3) is 0.536. The number of alkyl halides is 3. The van der Waals surface area contributed by atoms with E-state index in [-0.39, 0.29) is 32.2 Å². The molecule has 0 aromatic heterocycles. The van der Waals surface area contributed by atoms with Crippen LogP contribution in [-0.4, -0.2) is 44.3 Å². The molecule has 3 rings (SSSR count). The lowest BCUT2D eigenvalue weighted by Crippen LogP contribution is -2.51. The maximum atomic E-state index is 13.9. The molecule has 1 amide bonds. The number of ether oxygens (including phenoxy) is 4. The highest BCUT2D eigenvalue weighted by Crippen LogP contribution is 2.38. The standard InChI is InChI=1S/C28H34Cl2F3NO5/c1-26(2)12-13-27(17-37-18-36-3,34-25(35)39-26)11-10-20-7-9-24(21(15-20)28(31,32)33)38-14-4-5-19-6-8-22(29)23(30)16-19/h6-9,15-16H,4-5,10-14,17-18H2,1-3H3,(H,34,35)/t27-/m1/s1. The first-order valence-corrected chi connectivity index (χ1v) is 13.4. The molecule has 1 N–H and O–H groups in total. The van der Waals surface area contributed by atoms with Gasteiger partial charge in [0, 0.05) is 7.11 Å². The van der Waals surface area contributed by atoms with Crippen LogP contribution in [0.5, 0.6) is 5.75 Å². The van der Waals surface area contributed by atoms with Gasteiger partial charge in [-0.1, -0.05) is 35.3 Å². The van der Waals surface area contributed by atoms with Crippen LogP contribution >= 0.6 is 23.2 Å². The summed E-state index contributed by atoms with van der Waals surface area (Å²) in [7, 11) is 1.49. The van der Waals surface area contributed by atoms with Crippen LogP contribution in [0.4, 0.5) is 18.0 Å². The number of benzene rings is 2. The molecule has 0 unspecified atom stereocenters. The summed E-state index contributed by atoms with van der Waals surface area (Å²) in [6.45, 7) is 3.90. The summed E-state index contributed by atoms with van der Waals surface area (Å²) >= 11 is 11.9. The van der Waals surface area contributed by atoms with E-state index < -0.39 is 29.0 Å². The number of hydrogen-bond acceptors (Lipinski definition) is 5. The first kappa shape index (κ1) is 31.3. The summed E-state index contributed by atoms with van der Waals surface area (Å²) < 4.78 is 63.4. The Morgan fingerprint density at radius 1 is 1.03 bits per heavy atom. The van der Waals surface area contributed by atoms with Crippen LogP contribution in [0.1, 0.15) is 56.2 Å². The summed E-state index contributed by atoms with van der Waals surface area (Å²) in [5, 5.41) is 3.75. The molecule has 39 heavy (non-hydrogen) atoms. The molecule has 1 fully saturated rings. The fourth-order valence-corrected chi connectivity index (χ4v) is 4.77. The quantitative estimate of drug-likeness (QED) is 0.203. The maximum absolute atomic E-state index is 13.9. The second-order valence-electron chi connectivity index (χ2n) is 10.3. The monoisotopic (exact) mass is 591 g/mol. The maximum Gasteiger partial charge on any atom is 0.419 e. The minimum absolute atomic E-state index is 0.0250. The van der Waals surface area contributed by atoms with E-state index >= 15 is 0 Å². The normalized spacial score (nSPS) is 19.2. The number of amides is 1. The second-order valence-corrected chi connectivity index (χ2v) is 11.2. The largest absolute Gasteiger partial charge is 0.493 e. The number of carbonyl (C=O) groups is 1. The summed E-state index contributed by atoms with van der Waals surface area (Å²) in [5.41, 5.74) is -0.942. The smallest absolute Gasteiger partial charge is 0.419 e. The third-order valence-corrected chi connectivity index (χ3v) is 7.35. The highest BCUT2D eigenvalue weighted by atomic mass is 35.5. The highest BCUT2D eigenvalue weighted by molar-refractivity contribution is 6.42. The van der Waals surface area contributed by atoms with Crippen molar-refractivity contribution in [1.29, 1.82) is 0 Å². The molecule has 216 valence electrons. The van der Waals surface area contributed by atoms with Crippen molar-refractivity contribution in [3.8, 4) is 5.75 Å². The third kappa shape index (κ3) is 9.45. The summed E-state index contributed by atoms with van der Waals surface area (Å²) in [4.78, 5) is 12.4. The number of hydrogen-bond donors (Lipinski definition) is 1. The topological polar surface area (TPSA) is 66.0 Å². The molecule has 6 nitrogen and oxygen atoms in total. The Morgan fingerprint density at radius 3 is 2.44 bits per heavy atom. The van der Waals surface area contributed by atoms with Gasteiger partial charge in [0.2, 0.25) is 0 Å². The van der Waals surface area contributed by atoms with Gasteiger partial charge < -0.3 is 24.3 Å². The van der Waals surface area contributed by atoms with E-state index in [0.717, 1.165) is 11.6 Å². The number of halogens is 5. The number of carbonyl (C=O) groups excluding carboxylic acids is 1. The zero-order chi connectivity index (χ0) is 28.7. The lowest BCUT2D eigenvalue weighted by atomic mass is 9.84. The molecule has 1 heterocycles. The van der Waals surface area contributed by atoms with Gasteiger partial charge in [-0.15, -0.1) is 0 Å². The zero-order valence-corrected chi connectivity index (χ0v) is 23.8. The van der Waals surface area contributed by atoms with Crippen LogP contribution in [-0.2, 0) is 33.2 Å². The SMILES string of the molecule is COCOC[C@@]1(CCc2ccc(OCCCc3ccc(Cl)c(Cl)c3)c(C(F)(F)F)c2)CCC(C)(C)OC(=O)N1. The number of nitrogens with one attached hydrogen (secondary N) is 1. The van der Waals surface area contributed by atoms with Gasteiger partial charge in [-0.3, -0.25) is 0 Å².